The van der Waals surface area contributed by atoms with Gasteiger partial charge in [-0.3, -0.25) is 4.79 Å². The summed E-state index contributed by atoms with van der Waals surface area (Å²) in [6.07, 6.45) is 11.6. The van der Waals surface area contributed by atoms with Gasteiger partial charge in [0.15, 0.2) is 0 Å². The second kappa shape index (κ2) is 8.02. The van der Waals surface area contributed by atoms with Crippen molar-refractivity contribution < 1.29 is 4.79 Å². The maximum atomic E-state index is 12.3. The summed E-state index contributed by atoms with van der Waals surface area (Å²) in [5, 5.41) is 3.61. The molecule has 0 aromatic rings. The van der Waals surface area contributed by atoms with Gasteiger partial charge in [0.25, 0.3) is 0 Å². The van der Waals surface area contributed by atoms with Crippen molar-refractivity contribution in [1.82, 2.24) is 10.2 Å². The van der Waals surface area contributed by atoms with E-state index in [1.165, 1.54) is 57.8 Å². The first-order valence-electron chi connectivity index (χ1n) is 8.75. The van der Waals surface area contributed by atoms with Gasteiger partial charge in [0.05, 0.1) is 6.04 Å². The first-order valence-corrected chi connectivity index (χ1v) is 8.75. The molecule has 1 heterocycles. The summed E-state index contributed by atoms with van der Waals surface area (Å²) in [6.45, 7) is 6.27. The van der Waals surface area contributed by atoms with Crippen LogP contribution >= 0.6 is 0 Å². The third-order valence-corrected chi connectivity index (χ3v) is 5.06. The molecule has 2 aliphatic rings. The van der Waals surface area contributed by atoms with Crippen LogP contribution in [0.5, 0.6) is 0 Å². The lowest BCUT2D eigenvalue weighted by Gasteiger charge is -2.25. The molecule has 3 nitrogen and oxygen atoms in total. The zero-order valence-electron chi connectivity index (χ0n) is 13.4. The van der Waals surface area contributed by atoms with E-state index in [4.69, 9.17) is 0 Å². The number of hydrogen-bond donors (Lipinski definition) is 1. The highest BCUT2D eigenvalue weighted by Gasteiger charge is 2.26. The molecule has 0 aromatic carbocycles. The Bertz CT molecular complexity index is 299. The van der Waals surface area contributed by atoms with Crippen LogP contribution in [0, 0.1) is 5.92 Å². The number of nitrogens with zero attached hydrogens (tertiary/aromatic N) is 1. The van der Waals surface area contributed by atoms with Crippen LogP contribution in [0.4, 0.5) is 0 Å². The molecule has 1 saturated carbocycles. The van der Waals surface area contributed by atoms with Gasteiger partial charge in [-0.25, -0.2) is 0 Å². The standard InChI is InChI=1S/C17H32N2O/c1-3-7-15-8-6-9-16(11-10-15)18-14(2)17(20)19-12-4-5-13-19/h14-16,18H,3-13H2,1-2H3. The van der Waals surface area contributed by atoms with Gasteiger partial charge in [0.1, 0.15) is 0 Å². The molecule has 2 rings (SSSR count). The largest absolute Gasteiger partial charge is 0.341 e. The molecule has 20 heavy (non-hydrogen) atoms. The van der Waals surface area contributed by atoms with Crippen molar-refractivity contribution in [3.05, 3.63) is 0 Å². The Kier molecular flexibility index (Phi) is 6.34. The summed E-state index contributed by atoms with van der Waals surface area (Å²) in [6, 6.07) is 0.555. The molecule has 2 fully saturated rings. The predicted octanol–water partition coefficient (Wildman–Crippen LogP) is 3.34. The summed E-state index contributed by atoms with van der Waals surface area (Å²) in [5.41, 5.74) is 0. The lowest BCUT2D eigenvalue weighted by molar-refractivity contribution is -0.132. The van der Waals surface area contributed by atoms with Crippen LogP contribution in [0.25, 0.3) is 0 Å². The van der Waals surface area contributed by atoms with Gasteiger partial charge in [-0.1, -0.05) is 32.6 Å². The lowest BCUT2D eigenvalue weighted by atomic mass is 9.95. The Morgan fingerprint density at radius 2 is 1.90 bits per heavy atom. The van der Waals surface area contributed by atoms with Crippen LogP contribution in [0.1, 0.15) is 71.6 Å². The molecule has 3 unspecified atom stereocenters. The minimum Gasteiger partial charge on any atom is -0.341 e. The van der Waals surface area contributed by atoms with E-state index in [9.17, 15) is 4.79 Å². The molecule has 1 saturated heterocycles. The molecule has 0 spiro atoms. The fourth-order valence-corrected chi connectivity index (χ4v) is 3.88. The number of rotatable bonds is 5. The molecular formula is C17H32N2O. The Balaban J connectivity index is 1.75. The van der Waals surface area contributed by atoms with Gasteiger partial charge in [0, 0.05) is 19.1 Å². The second-order valence-electron chi connectivity index (χ2n) is 6.78. The van der Waals surface area contributed by atoms with Crippen molar-refractivity contribution in [1.29, 1.82) is 0 Å². The summed E-state index contributed by atoms with van der Waals surface area (Å²) < 4.78 is 0. The summed E-state index contributed by atoms with van der Waals surface area (Å²) in [5.74, 6) is 1.24. The number of amides is 1. The van der Waals surface area contributed by atoms with Gasteiger partial charge in [0.2, 0.25) is 5.91 Å². The van der Waals surface area contributed by atoms with Gasteiger partial charge in [-0.15, -0.1) is 0 Å². The predicted molar refractivity (Wildman–Crippen MR) is 83.7 cm³/mol. The molecule has 3 atom stereocenters. The molecule has 116 valence electrons. The number of nitrogens with one attached hydrogen (secondary N) is 1. The third kappa shape index (κ3) is 4.47. The average Bonchev–Trinajstić information content (AvgIpc) is 2.89. The highest BCUT2D eigenvalue weighted by atomic mass is 16.2. The van der Waals surface area contributed by atoms with Crippen molar-refractivity contribution in [3.8, 4) is 0 Å². The van der Waals surface area contributed by atoms with Gasteiger partial charge < -0.3 is 10.2 Å². The molecular weight excluding hydrogens is 248 g/mol. The minimum absolute atomic E-state index is 0.000764. The van der Waals surface area contributed by atoms with Crippen LogP contribution in [0.2, 0.25) is 0 Å². The molecule has 1 aliphatic carbocycles. The van der Waals surface area contributed by atoms with E-state index in [0.717, 1.165) is 19.0 Å². The highest BCUT2D eigenvalue weighted by molar-refractivity contribution is 5.81. The maximum Gasteiger partial charge on any atom is 0.239 e. The third-order valence-electron chi connectivity index (χ3n) is 5.06. The number of carbonyl (C=O) groups excluding carboxylic acids is 1. The van der Waals surface area contributed by atoms with Crippen LogP contribution in [0.3, 0.4) is 0 Å². The lowest BCUT2D eigenvalue weighted by Crippen LogP contribution is -2.47. The SMILES string of the molecule is CCCC1CCCC(NC(C)C(=O)N2CCCC2)CC1. The van der Waals surface area contributed by atoms with Crippen LogP contribution < -0.4 is 5.32 Å². The normalized spacial score (nSPS) is 29.2. The molecule has 3 heteroatoms. The Morgan fingerprint density at radius 1 is 1.15 bits per heavy atom. The van der Waals surface area contributed by atoms with E-state index in [1.807, 2.05) is 4.90 Å². The van der Waals surface area contributed by atoms with Crippen molar-refractivity contribution >= 4 is 5.91 Å². The summed E-state index contributed by atoms with van der Waals surface area (Å²) in [4.78, 5) is 14.4. The van der Waals surface area contributed by atoms with Gasteiger partial charge >= 0.3 is 0 Å². The van der Waals surface area contributed by atoms with E-state index >= 15 is 0 Å². The smallest absolute Gasteiger partial charge is 0.239 e. The Morgan fingerprint density at radius 3 is 2.60 bits per heavy atom. The zero-order valence-corrected chi connectivity index (χ0v) is 13.4. The highest BCUT2D eigenvalue weighted by Crippen LogP contribution is 2.27. The van der Waals surface area contributed by atoms with Gasteiger partial charge in [-0.05, 0) is 44.9 Å². The second-order valence-corrected chi connectivity index (χ2v) is 6.78. The van der Waals surface area contributed by atoms with Crippen molar-refractivity contribution in [2.45, 2.75) is 83.7 Å². The Labute approximate surface area is 124 Å². The first-order chi connectivity index (χ1) is 9.70. The van der Waals surface area contributed by atoms with Crippen molar-refractivity contribution in [3.63, 3.8) is 0 Å². The fraction of sp³-hybridized carbons (Fsp3) is 0.941. The molecule has 1 N–H and O–H groups in total. The fourth-order valence-electron chi connectivity index (χ4n) is 3.88. The summed E-state index contributed by atoms with van der Waals surface area (Å²) >= 11 is 0. The maximum absolute atomic E-state index is 12.3. The van der Waals surface area contributed by atoms with E-state index in [0.29, 0.717) is 11.9 Å². The molecule has 1 amide bonds. The Hall–Kier alpha value is -0.570. The van der Waals surface area contributed by atoms with E-state index in [2.05, 4.69) is 19.2 Å². The molecule has 0 bridgehead atoms. The molecule has 0 aromatic heterocycles. The number of hydrogen-bond acceptors (Lipinski definition) is 2. The molecule has 1 aliphatic heterocycles. The first kappa shape index (κ1) is 15.8. The topological polar surface area (TPSA) is 32.3 Å². The molecule has 0 radical (unpaired) electrons. The number of carbonyl (C=O) groups is 1. The quantitative estimate of drug-likeness (QED) is 0.783. The van der Waals surface area contributed by atoms with Crippen molar-refractivity contribution in [2.75, 3.05) is 13.1 Å². The summed E-state index contributed by atoms with van der Waals surface area (Å²) in [7, 11) is 0. The zero-order chi connectivity index (χ0) is 14.4. The van der Waals surface area contributed by atoms with Crippen LogP contribution in [0.15, 0.2) is 0 Å². The number of likely N-dealkylation sites (tertiary alicyclic amines) is 1. The van der Waals surface area contributed by atoms with E-state index < -0.39 is 0 Å². The monoisotopic (exact) mass is 280 g/mol. The van der Waals surface area contributed by atoms with Gasteiger partial charge in [-0.2, -0.15) is 0 Å². The average molecular weight is 280 g/mol. The van der Waals surface area contributed by atoms with Crippen molar-refractivity contribution in [2.24, 2.45) is 5.92 Å². The van der Waals surface area contributed by atoms with Crippen LogP contribution in [-0.2, 0) is 4.79 Å². The van der Waals surface area contributed by atoms with Crippen LogP contribution in [-0.4, -0.2) is 36.0 Å². The van der Waals surface area contributed by atoms with E-state index in [1.54, 1.807) is 0 Å². The minimum atomic E-state index is 0.000764. The van der Waals surface area contributed by atoms with E-state index in [-0.39, 0.29) is 6.04 Å².